The fourth-order valence-corrected chi connectivity index (χ4v) is 5.79. The molecule has 44 heavy (non-hydrogen) atoms. The van der Waals surface area contributed by atoms with Crippen LogP contribution in [0.5, 0.6) is 0 Å². The summed E-state index contributed by atoms with van der Waals surface area (Å²) in [6.07, 6.45) is -27.4. The van der Waals surface area contributed by atoms with Crippen LogP contribution in [0.3, 0.4) is 0 Å². The molecule has 4 rings (SSSR count). The number of alkyl halides is 1. The van der Waals surface area contributed by atoms with E-state index in [2.05, 4.69) is 5.32 Å². The highest BCUT2D eigenvalue weighted by atomic mass is 18.2. The van der Waals surface area contributed by atoms with Gasteiger partial charge in [0.05, 0.1) is 31.4 Å². The highest BCUT2D eigenvalue weighted by Gasteiger charge is 2.53. The molecular formula is C25H42FNO17. The molecule has 3 aliphatic heterocycles. The molecule has 0 unspecified atom stereocenters. The Balaban J connectivity index is 1.42. The van der Waals surface area contributed by atoms with Crippen molar-refractivity contribution in [3.05, 3.63) is 11.6 Å². The molecule has 1 aliphatic carbocycles. The van der Waals surface area contributed by atoms with Gasteiger partial charge in [0.15, 0.2) is 18.9 Å². The van der Waals surface area contributed by atoms with Gasteiger partial charge >= 0.3 is 0 Å². The zero-order valence-electron chi connectivity index (χ0n) is 23.5. The third-order valence-electron chi connectivity index (χ3n) is 8.45. The molecular weight excluding hydrogens is 604 g/mol. The molecule has 0 spiro atoms. The van der Waals surface area contributed by atoms with Crippen LogP contribution in [0.15, 0.2) is 11.6 Å². The minimum Gasteiger partial charge on any atom is -0.394 e. The van der Waals surface area contributed by atoms with Crippen molar-refractivity contribution < 1.29 is 89.4 Å². The quantitative estimate of drug-likeness (QED) is 0.103. The van der Waals surface area contributed by atoms with Crippen LogP contribution in [0, 0.1) is 0 Å². The van der Waals surface area contributed by atoms with Crippen molar-refractivity contribution in [2.24, 2.45) is 0 Å². The summed E-state index contributed by atoms with van der Waals surface area (Å²) in [6, 6.07) is -2.19. The molecule has 0 bridgehead atoms. The van der Waals surface area contributed by atoms with Crippen molar-refractivity contribution >= 4 is 0 Å². The second kappa shape index (κ2) is 14.8. The molecule has 19 heteroatoms. The Bertz CT molecular complexity index is 964. The number of ether oxygens (including phenoxy) is 5. The number of aliphatic hydroxyl groups is 12. The lowest BCUT2D eigenvalue weighted by atomic mass is 9.86. The summed E-state index contributed by atoms with van der Waals surface area (Å²) >= 11 is 0. The maximum Gasteiger partial charge on any atom is 0.187 e. The first kappa shape index (κ1) is 35.8. The molecule has 3 saturated heterocycles. The number of hydrogen-bond donors (Lipinski definition) is 13. The van der Waals surface area contributed by atoms with Crippen molar-refractivity contribution in [1.82, 2.24) is 5.32 Å². The molecule has 4 aliphatic rings. The van der Waals surface area contributed by atoms with Gasteiger partial charge in [0.1, 0.15) is 86.0 Å². The molecule has 0 aromatic heterocycles. The van der Waals surface area contributed by atoms with Gasteiger partial charge in [-0.2, -0.15) is 0 Å². The monoisotopic (exact) mass is 646 g/mol. The summed E-state index contributed by atoms with van der Waals surface area (Å²) in [5, 5.41) is 126. The van der Waals surface area contributed by atoms with Crippen molar-refractivity contribution in [2.45, 2.75) is 123 Å². The molecule has 19 atom stereocenters. The van der Waals surface area contributed by atoms with Gasteiger partial charge < -0.3 is 90.3 Å². The van der Waals surface area contributed by atoms with Crippen LogP contribution in [-0.4, -0.2) is 198 Å². The Morgan fingerprint density at radius 1 is 0.705 bits per heavy atom. The number of halogens is 1. The number of nitrogens with one attached hydrogen (secondary N) is 1. The highest BCUT2D eigenvalue weighted by Crippen LogP contribution is 2.33. The van der Waals surface area contributed by atoms with Gasteiger partial charge in [-0.1, -0.05) is 6.08 Å². The molecule has 3 heterocycles. The van der Waals surface area contributed by atoms with Gasteiger partial charge in [0.2, 0.25) is 0 Å². The minimum atomic E-state index is -1.97. The van der Waals surface area contributed by atoms with Crippen LogP contribution in [0.1, 0.15) is 6.92 Å². The van der Waals surface area contributed by atoms with E-state index in [1.807, 2.05) is 0 Å². The van der Waals surface area contributed by atoms with Crippen LogP contribution < -0.4 is 5.32 Å². The summed E-state index contributed by atoms with van der Waals surface area (Å²) in [4.78, 5) is 0. The zero-order chi connectivity index (χ0) is 32.6. The first-order valence-electron chi connectivity index (χ1n) is 14.1. The van der Waals surface area contributed by atoms with Crippen molar-refractivity contribution in [1.29, 1.82) is 0 Å². The Hall–Kier alpha value is -1.05. The average Bonchev–Trinajstić information content (AvgIpc) is 3.00. The normalized spacial score (nSPS) is 52.0. The van der Waals surface area contributed by atoms with E-state index in [1.54, 1.807) is 0 Å². The molecule has 13 N–H and O–H groups in total. The van der Waals surface area contributed by atoms with E-state index in [1.165, 1.54) is 13.0 Å². The number of hydrogen-bond acceptors (Lipinski definition) is 18. The highest BCUT2D eigenvalue weighted by molar-refractivity contribution is 5.22. The van der Waals surface area contributed by atoms with Crippen molar-refractivity contribution in [3.8, 4) is 0 Å². The topological polar surface area (TPSA) is 301 Å². The Morgan fingerprint density at radius 2 is 1.27 bits per heavy atom. The van der Waals surface area contributed by atoms with Crippen LogP contribution in [-0.2, 0) is 23.7 Å². The summed E-state index contributed by atoms with van der Waals surface area (Å²) < 4.78 is 40.6. The lowest BCUT2D eigenvalue weighted by Gasteiger charge is -2.48. The van der Waals surface area contributed by atoms with E-state index in [0.717, 1.165) is 0 Å². The number of aliphatic hydroxyl groups excluding tert-OH is 12. The smallest absolute Gasteiger partial charge is 0.187 e. The van der Waals surface area contributed by atoms with Crippen LogP contribution in [0.2, 0.25) is 0 Å². The van der Waals surface area contributed by atoms with E-state index in [4.69, 9.17) is 23.7 Å². The van der Waals surface area contributed by atoms with Gasteiger partial charge in [-0.15, -0.1) is 0 Å². The maximum atomic E-state index is 13.5. The second-order valence-electron chi connectivity index (χ2n) is 11.3. The lowest BCUT2D eigenvalue weighted by molar-refractivity contribution is -0.373. The minimum absolute atomic E-state index is 0.0163. The van der Waals surface area contributed by atoms with Gasteiger partial charge in [0, 0.05) is 0 Å². The third-order valence-corrected chi connectivity index (χ3v) is 8.45. The largest absolute Gasteiger partial charge is 0.394 e. The molecule has 0 aromatic carbocycles. The molecule has 0 aromatic rings. The summed E-state index contributed by atoms with van der Waals surface area (Å²) in [7, 11) is 0. The van der Waals surface area contributed by atoms with Crippen molar-refractivity contribution in [2.75, 3.05) is 19.9 Å². The predicted octanol–water partition coefficient (Wildman–Crippen LogP) is -7.59. The van der Waals surface area contributed by atoms with Gasteiger partial charge in [0.25, 0.3) is 0 Å². The fraction of sp³-hybridized carbons (Fsp3) is 0.920. The van der Waals surface area contributed by atoms with E-state index < -0.39 is 136 Å². The fourth-order valence-electron chi connectivity index (χ4n) is 5.79. The average molecular weight is 647 g/mol. The molecule has 18 nitrogen and oxygen atoms in total. The third kappa shape index (κ3) is 6.95. The molecule has 0 amide bonds. The van der Waals surface area contributed by atoms with Crippen LogP contribution >= 0.6 is 0 Å². The standard InChI is InChI=1S/C25H42FNO17/c1-6-11(27-8-2-7(4-28)12(30)15(33)13(8)31)14(32)19(37)24(40-6)44-22-10(5-29)42-25(20(38)17(22)35)43-21-9(3-26)41-23(39)18(36)16(21)34/h2,6,8-25,27-39H,3-5H2,1H3/t6-,8+,9-,10-,11-,12-,13+,14+,15+,16-,17-,18-,19-,20-,21-,22-,23-,24-,25-/m1/s1/i26-1. The SMILES string of the molecule is C[C@H]1O[C@H](O[C@H]2[C@H](O)[C@@H](O)[C@@H](O[C@H]3[C@H](O)[C@@H](O)[C@H](O)O[C@@H]3C[18F])O[C@@H]2CO)[C@H](O)[C@@H](O)[C@@H]1N[C@H]1C=C(CO)[C@@H](O)[C@H](O)[C@H]1O. The van der Waals surface area contributed by atoms with E-state index in [-0.39, 0.29) is 5.57 Å². The summed E-state index contributed by atoms with van der Waals surface area (Å²) in [5.41, 5.74) is 0.0163. The first-order chi connectivity index (χ1) is 20.7. The van der Waals surface area contributed by atoms with Crippen LogP contribution in [0.4, 0.5) is 4.39 Å². The van der Waals surface area contributed by atoms with Gasteiger partial charge in [-0.05, 0) is 12.5 Å². The molecule has 0 radical (unpaired) electrons. The predicted molar refractivity (Wildman–Crippen MR) is 137 cm³/mol. The Kier molecular flexibility index (Phi) is 12.0. The molecule has 0 saturated carbocycles. The molecule has 256 valence electrons. The van der Waals surface area contributed by atoms with Crippen molar-refractivity contribution in [3.63, 3.8) is 0 Å². The van der Waals surface area contributed by atoms with Crippen LogP contribution in [0.25, 0.3) is 0 Å². The summed E-state index contributed by atoms with van der Waals surface area (Å²) in [6.45, 7) is -1.29. The Labute approximate surface area is 250 Å². The zero-order valence-corrected chi connectivity index (χ0v) is 23.5. The number of rotatable bonds is 9. The Morgan fingerprint density at radius 3 is 1.86 bits per heavy atom. The second-order valence-corrected chi connectivity index (χ2v) is 11.3. The van der Waals surface area contributed by atoms with E-state index >= 15 is 0 Å². The van der Waals surface area contributed by atoms with Gasteiger partial charge in [-0.25, -0.2) is 4.39 Å². The van der Waals surface area contributed by atoms with Gasteiger partial charge in [-0.3, -0.25) is 0 Å². The summed E-state index contributed by atoms with van der Waals surface area (Å²) in [5.74, 6) is 0. The molecule has 3 fully saturated rings. The lowest BCUT2D eigenvalue weighted by Crippen LogP contribution is -2.68. The maximum absolute atomic E-state index is 13.5. The van der Waals surface area contributed by atoms with E-state index in [9.17, 15) is 65.7 Å². The first-order valence-corrected chi connectivity index (χ1v) is 14.1. The van der Waals surface area contributed by atoms with E-state index in [0.29, 0.717) is 0 Å².